The van der Waals surface area contributed by atoms with Gasteiger partial charge in [-0.2, -0.15) is 0 Å². The lowest BCUT2D eigenvalue weighted by Gasteiger charge is -2.10. The van der Waals surface area contributed by atoms with Gasteiger partial charge in [-0.05, 0) is 18.2 Å². The number of benzene rings is 2. The minimum Gasteiger partial charge on any atom is -0.491 e. The molecule has 0 saturated heterocycles. The van der Waals surface area contributed by atoms with Gasteiger partial charge in [0.15, 0.2) is 0 Å². The van der Waals surface area contributed by atoms with E-state index < -0.39 is 21.6 Å². The number of para-hydroxylation sites is 1. The third-order valence-electron chi connectivity index (χ3n) is 2.82. The summed E-state index contributed by atoms with van der Waals surface area (Å²) in [6.07, 6.45) is 0. The zero-order chi connectivity index (χ0) is 16.0. The molecule has 0 spiro atoms. The highest BCUT2D eigenvalue weighted by Gasteiger charge is 2.13. The molecule has 0 amide bonds. The Labute approximate surface area is 133 Å². The second-order valence-electron chi connectivity index (χ2n) is 4.52. The van der Waals surface area contributed by atoms with Gasteiger partial charge in [-0.15, -0.1) is 0 Å². The Bertz CT molecular complexity index is 737. The highest BCUT2D eigenvalue weighted by Crippen LogP contribution is 2.22. The number of hydrogen-bond acceptors (Lipinski definition) is 3. The second-order valence-corrected chi connectivity index (χ2v) is 6.74. The summed E-state index contributed by atoms with van der Waals surface area (Å²) in [6, 6.07) is 12.7. The molecule has 0 atom stereocenters. The number of ether oxygens (including phenoxy) is 1. The highest BCUT2D eigenvalue weighted by atomic mass is 35.5. The van der Waals surface area contributed by atoms with Gasteiger partial charge in [-0.3, -0.25) is 0 Å². The SMILES string of the molecule is O=S(=O)(Cc1ccccc1F)NCCOc1ccccc1Cl. The lowest BCUT2D eigenvalue weighted by Crippen LogP contribution is -2.29. The zero-order valence-corrected chi connectivity index (χ0v) is 13.2. The molecule has 4 nitrogen and oxygen atoms in total. The maximum atomic E-state index is 13.4. The maximum absolute atomic E-state index is 13.4. The van der Waals surface area contributed by atoms with E-state index in [9.17, 15) is 12.8 Å². The molecule has 0 radical (unpaired) electrons. The van der Waals surface area contributed by atoms with Crippen molar-refractivity contribution in [1.82, 2.24) is 4.72 Å². The molecule has 0 aliphatic heterocycles. The van der Waals surface area contributed by atoms with Crippen LogP contribution in [-0.2, 0) is 15.8 Å². The van der Waals surface area contributed by atoms with Gasteiger partial charge in [0.1, 0.15) is 18.2 Å². The molecule has 0 saturated carbocycles. The molecule has 22 heavy (non-hydrogen) atoms. The molecule has 0 unspecified atom stereocenters. The first-order chi connectivity index (χ1) is 10.5. The van der Waals surface area contributed by atoms with Crippen LogP contribution in [0.2, 0.25) is 5.02 Å². The van der Waals surface area contributed by atoms with E-state index in [0.29, 0.717) is 10.8 Å². The van der Waals surface area contributed by atoms with Crippen molar-refractivity contribution >= 4 is 21.6 Å². The number of hydrogen-bond donors (Lipinski definition) is 1. The monoisotopic (exact) mass is 343 g/mol. The normalized spacial score (nSPS) is 11.4. The molecule has 0 aliphatic rings. The van der Waals surface area contributed by atoms with Crippen LogP contribution in [-0.4, -0.2) is 21.6 Å². The van der Waals surface area contributed by atoms with Gasteiger partial charge < -0.3 is 4.74 Å². The van der Waals surface area contributed by atoms with Gasteiger partial charge in [0.25, 0.3) is 0 Å². The van der Waals surface area contributed by atoms with Crippen LogP contribution in [0.5, 0.6) is 5.75 Å². The summed E-state index contributed by atoms with van der Waals surface area (Å²) >= 11 is 5.91. The summed E-state index contributed by atoms with van der Waals surface area (Å²) in [4.78, 5) is 0. The summed E-state index contributed by atoms with van der Waals surface area (Å²) < 4.78 is 44.9. The molecule has 0 aliphatic carbocycles. The second kappa shape index (κ2) is 7.58. The molecule has 0 heterocycles. The van der Waals surface area contributed by atoms with Crippen LogP contribution in [0.4, 0.5) is 4.39 Å². The van der Waals surface area contributed by atoms with Crippen molar-refractivity contribution in [1.29, 1.82) is 0 Å². The van der Waals surface area contributed by atoms with Gasteiger partial charge >= 0.3 is 0 Å². The fourth-order valence-corrected chi connectivity index (χ4v) is 3.12. The quantitative estimate of drug-likeness (QED) is 0.786. The Morgan fingerprint density at radius 1 is 1.09 bits per heavy atom. The first kappa shape index (κ1) is 16.7. The minimum atomic E-state index is -3.62. The molecule has 2 aromatic carbocycles. The Morgan fingerprint density at radius 2 is 1.77 bits per heavy atom. The van der Waals surface area contributed by atoms with E-state index in [0.717, 1.165) is 0 Å². The Morgan fingerprint density at radius 3 is 2.50 bits per heavy atom. The van der Waals surface area contributed by atoms with Gasteiger partial charge in [0.05, 0.1) is 10.8 Å². The van der Waals surface area contributed by atoms with Crippen LogP contribution in [0, 0.1) is 5.82 Å². The Hall–Kier alpha value is -1.63. The number of nitrogens with one attached hydrogen (secondary N) is 1. The first-order valence-electron chi connectivity index (χ1n) is 6.56. The summed E-state index contributed by atoms with van der Waals surface area (Å²) in [7, 11) is -3.62. The third-order valence-corrected chi connectivity index (χ3v) is 4.47. The third kappa shape index (κ3) is 4.98. The van der Waals surface area contributed by atoms with E-state index >= 15 is 0 Å². The van der Waals surface area contributed by atoms with Crippen molar-refractivity contribution in [3.8, 4) is 5.75 Å². The first-order valence-corrected chi connectivity index (χ1v) is 8.59. The summed E-state index contributed by atoms with van der Waals surface area (Å²) in [5.41, 5.74) is 0.127. The predicted octanol–water partition coefficient (Wildman–Crippen LogP) is 2.98. The highest BCUT2D eigenvalue weighted by molar-refractivity contribution is 7.88. The molecular formula is C15H15ClFNO3S. The molecule has 7 heteroatoms. The predicted molar refractivity (Wildman–Crippen MR) is 84.0 cm³/mol. The summed E-state index contributed by atoms with van der Waals surface area (Å²) in [5.74, 6) is -0.469. The maximum Gasteiger partial charge on any atom is 0.216 e. The molecule has 2 aromatic rings. The van der Waals surface area contributed by atoms with Crippen LogP contribution >= 0.6 is 11.6 Å². The van der Waals surface area contributed by atoms with E-state index in [2.05, 4.69) is 4.72 Å². The smallest absolute Gasteiger partial charge is 0.216 e. The van der Waals surface area contributed by atoms with Crippen LogP contribution in [0.1, 0.15) is 5.56 Å². The van der Waals surface area contributed by atoms with Crippen LogP contribution in [0.15, 0.2) is 48.5 Å². The average molecular weight is 344 g/mol. The van der Waals surface area contributed by atoms with Gasteiger partial charge in [-0.1, -0.05) is 41.9 Å². The number of halogens is 2. The van der Waals surface area contributed by atoms with Crippen molar-refractivity contribution in [3.63, 3.8) is 0 Å². The number of rotatable bonds is 7. The zero-order valence-electron chi connectivity index (χ0n) is 11.6. The van der Waals surface area contributed by atoms with E-state index in [-0.39, 0.29) is 18.7 Å². The fraction of sp³-hybridized carbons (Fsp3) is 0.200. The molecule has 118 valence electrons. The van der Waals surface area contributed by atoms with E-state index in [4.69, 9.17) is 16.3 Å². The van der Waals surface area contributed by atoms with Gasteiger partial charge in [-0.25, -0.2) is 17.5 Å². The molecule has 2 rings (SSSR count). The van der Waals surface area contributed by atoms with Crippen molar-refractivity contribution in [2.24, 2.45) is 0 Å². The lowest BCUT2D eigenvalue weighted by atomic mass is 10.2. The fourth-order valence-electron chi connectivity index (χ4n) is 1.79. The summed E-state index contributed by atoms with van der Waals surface area (Å²) in [6.45, 7) is 0.197. The average Bonchev–Trinajstić information content (AvgIpc) is 2.47. The van der Waals surface area contributed by atoms with Crippen molar-refractivity contribution in [2.75, 3.05) is 13.2 Å². The topological polar surface area (TPSA) is 55.4 Å². The minimum absolute atomic E-state index is 0.0714. The van der Waals surface area contributed by atoms with Gasteiger partial charge in [0.2, 0.25) is 10.0 Å². The van der Waals surface area contributed by atoms with Crippen molar-refractivity contribution < 1.29 is 17.5 Å². The van der Waals surface area contributed by atoms with Crippen LogP contribution in [0.3, 0.4) is 0 Å². The van der Waals surface area contributed by atoms with E-state index in [1.165, 1.54) is 18.2 Å². The molecule has 0 aromatic heterocycles. The molecule has 0 bridgehead atoms. The standard InChI is InChI=1S/C15H15ClFNO3S/c16-13-6-2-4-8-15(13)21-10-9-18-22(19,20)11-12-5-1-3-7-14(12)17/h1-8,18H,9-11H2. The van der Waals surface area contributed by atoms with Crippen molar-refractivity contribution in [2.45, 2.75) is 5.75 Å². The Balaban J connectivity index is 1.83. The largest absolute Gasteiger partial charge is 0.491 e. The molecule has 1 N–H and O–H groups in total. The van der Waals surface area contributed by atoms with E-state index in [1.807, 2.05) is 0 Å². The molecular weight excluding hydrogens is 329 g/mol. The van der Waals surface area contributed by atoms with Crippen LogP contribution in [0.25, 0.3) is 0 Å². The Kier molecular flexibility index (Phi) is 5.76. The van der Waals surface area contributed by atoms with Crippen molar-refractivity contribution in [3.05, 3.63) is 64.9 Å². The van der Waals surface area contributed by atoms with Gasteiger partial charge in [0, 0.05) is 12.1 Å². The molecule has 0 fully saturated rings. The van der Waals surface area contributed by atoms with E-state index in [1.54, 1.807) is 30.3 Å². The van der Waals surface area contributed by atoms with Crippen LogP contribution < -0.4 is 9.46 Å². The summed E-state index contributed by atoms with van der Waals surface area (Å²) in [5, 5.41) is 0.455. The lowest BCUT2D eigenvalue weighted by molar-refractivity contribution is 0.323. The number of sulfonamides is 1.